The third-order valence-electron chi connectivity index (χ3n) is 4.94. The van der Waals surface area contributed by atoms with Crippen molar-refractivity contribution in [3.05, 3.63) is 60.2 Å². The predicted octanol–water partition coefficient (Wildman–Crippen LogP) is 3.41. The van der Waals surface area contributed by atoms with Crippen LogP contribution in [0.1, 0.15) is 40.2 Å². The Balaban J connectivity index is 2.30. The Bertz CT molecular complexity index is 1020. The van der Waals surface area contributed by atoms with Crippen LogP contribution in [0.2, 0.25) is 0 Å². The molecule has 0 saturated heterocycles. The first-order valence-corrected chi connectivity index (χ1v) is 12.8. The van der Waals surface area contributed by atoms with Crippen LogP contribution < -0.4 is 11.1 Å². The van der Waals surface area contributed by atoms with Crippen LogP contribution in [-0.2, 0) is 21.2 Å². The van der Waals surface area contributed by atoms with Crippen LogP contribution in [0.3, 0.4) is 0 Å². The van der Waals surface area contributed by atoms with Crippen molar-refractivity contribution < 1.29 is 23.1 Å². The number of aliphatic hydroxyl groups excluding tert-OH is 1. The second-order valence-corrected chi connectivity index (χ2v) is 11.7. The molecule has 0 spiro atoms. The zero-order chi connectivity index (χ0) is 25.5. The molecule has 8 nitrogen and oxygen atoms in total. The average molecular weight is 492 g/mol. The highest BCUT2D eigenvalue weighted by molar-refractivity contribution is 7.89. The SMILES string of the molecule is CC(C)CN(C[C@@H](O)[C@H](Cc1ccccc1)NC(=O)OC(C)(C)C)S(=O)(=O)c1ccc(N)cc1. The summed E-state index contributed by atoms with van der Waals surface area (Å²) >= 11 is 0. The topological polar surface area (TPSA) is 122 Å². The minimum absolute atomic E-state index is 0.0159. The second kappa shape index (κ2) is 11.7. The number of hydrogen-bond donors (Lipinski definition) is 3. The highest BCUT2D eigenvalue weighted by Gasteiger charge is 2.32. The van der Waals surface area contributed by atoms with Gasteiger partial charge in [0.2, 0.25) is 10.0 Å². The molecular formula is C25H37N3O5S. The summed E-state index contributed by atoms with van der Waals surface area (Å²) in [5.74, 6) is 0.0159. The number of anilines is 1. The highest BCUT2D eigenvalue weighted by Crippen LogP contribution is 2.20. The molecule has 0 unspecified atom stereocenters. The van der Waals surface area contributed by atoms with E-state index in [0.29, 0.717) is 12.1 Å². The van der Waals surface area contributed by atoms with Crippen LogP contribution in [0, 0.1) is 5.92 Å². The Morgan fingerprint density at radius 3 is 2.18 bits per heavy atom. The van der Waals surface area contributed by atoms with Crippen LogP contribution in [0.5, 0.6) is 0 Å². The lowest BCUT2D eigenvalue weighted by Crippen LogP contribution is -2.51. The molecule has 34 heavy (non-hydrogen) atoms. The van der Waals surface area contributed by atoms with Crippen molar-refractivity contribution in [2.75, 3.05) is 18.8 Å². The zero-order valence-corrected chi connectivity index (χ0v) is 21.4. The van der Waals surface area contributed by atoms with Crippen molar-refractivity contribution in [2.24, 2.45) is 5.92 Å². The van der Waals surface area contributed by atoms with Crippen molar-refractivity contribution >= 4 is 21.8 Å². The fraction of sp³-hybridized carbons (Fsp3) is 0.480. The van der Waals surface area contributed by atoms with Gasteiger partial charge in [0, 0.05) is 18.8 Å². The summed E-state index contributed by atoms with van der Waals surface area (Å²) < 4.78 is 33.4. The van der Waals surface area contributed by atoms with E-state index in [0.717, 1.165) is 5.56 Å². The standard InChI is InChI=1S/C25H37N3O5S/c1-18(2)16-28(34(31,32)21-13-11-20(26)12-14-21)17-23(29)22(15-19-9-7-6-8-10-19)27-24(30)33-25(3,4)5/h6-14,18,22-23,29H,15-17,26H2,1-5H3,(H,27,30)/t22-,23+/m0/s1. The Kier molecular flexibility index (Phi) is 9.49. The largest absolute Gasteiger partial charge is 0.444 e. The summed E-state index contributed by atoms with van der Waals surface area (Å²) in [4.78, 5) is 12.6. The molecule has 0 aromatic heterocycles. The lowest BCUT2D eigenvalue weighted by Gasteiger charge is -2.31. The van der Waals surface area contributed by atoms with Crippen molar-refractivity contribution in [1.82, 2.24) is 9.62 Å². The summed E-state index contributed by atoms with van der Waals surface area (Å²) in [6, 6.07) is 14.5. The van der Waals surface area contributed by atoms with Gasteiger partial charge in [-0.3, -0.25) is 0 Å². The van der Waals surface area contributed by atoms with Gasteiger partial charge in [-0.05, 0) is 62.9 Å². The number of amides is 1. The number of nitrogen functional groups attached to an aromatic ring is 1. The van der Waals surface area contributed by atoms with Gasteiger partial charge in [-0.1, -0.05) is 44.2 Å². The van der Waals surface area contributed by atoms with Crippen molar-refractivity contribution in [3.8, 4) is 0 Å². The van der Waals surface area contributed by atoms with Gasteiger partial charge in [-0.2, -0.15) is 4.31 Å². The predicted molar refractivity (Wildman–Crippen MR) is 134 cm³/mol. The molecule has 0 aliphatic heterocycles. The fourth-order valence-corrected chi connectivity index (χ4v) is 5.03. The third-order valence-corrected chi connectivity index (χ3v) is 6.79. The minimum Gasteiger partial charge on any atom is -0.444 e. The quantitative estimate of drug-likeness (QED) is 0.438. The molecule has 4 N–H and O–H groups in total. The van der Waals surface area contributed by atoms with E-state index in [-0.39, 0.29) is 23.9 Å². The summed E-state index contributed by atoms with van der Waals surface area (Å²) in [7, 11) is -3.90. The number of alkyl carbamates (subject to hydrolysis) is 1. The van der Waals surface area contributed by atoms with Gasteiger partial charge in [-0.15, -0.1) is 0 Å². The molecule has 0 fully saturated rings. The number of nitrogens with zero attached hydrogens (tertiary/aromatic N) is 1. The van der Waals surface area contributed by atoms with E-state index in [1.165, 1.54) is 28.6 Å². The van der Waals surface area contributed by atoms with E-state index >= 15 is 0 Å². The van der Waals surface area contributed by atoms with Crippen molar-refractivity contribution in [3.63, 3.8) is 0 Å². The van der Waals surface area contributed by atoms with Gasteiger partial charge in [0.15, 0.2) is 0 Å². The van der Waals surface area contributed by atoms with Crippen molar-refractivity contribution in [1.29, 1.82) is 0 Å². The molecule has 0 bridgehead atoms. The van der Waals surface area contributed by atoms with Crippen LogP contribution in [-0.4, -0.2) is 54.8 Å². The number of nitrogens with two attached hydrogens (primary N) is 1. The normalized spacial score (nSPS) is 14.1. The first-order chi connectivity index (χ1) is 15.8. The van der Waals surface area contributed by atoms with E-state index in [2.05, 4.69) is 5.32 Å². The van der Waals surface area contributed by atoms with E-state index in [9.17, 15) is 18.3 Å². The molecule has 9 heteroatoms. The molecule has 0 heterocycles. The average Bonchev–Trinajstić information content (AvgIpc) is 2.72. The molecule has 2 atom stereocenters. The van der Waals surface area contributed by atoms with Gasteiger partial charge in [0.05, 0.1) is 17.0 Å². The number of rotatable bonds is 10. The van der Waals surface area contributed by atoms with E-state index in [1.807, 2.05) is 44.2 Å². The zero-order valence-electron chi connectivity index (χ0n) is 20.6. The number of carbonyl (C=O) groups is 1. The summed E-state index contributed by atoms with van der Waals surface area (Å²) in [6.07, 6.45) is -1.56. The lowest BCUT2D eigenvalue weighted by atomic mass is 10.0. The van der Waals surface area contributed by atoms with E-state index < -0.39 is 33.9 Å². The Morgan fingerprint density at radius 1 is 1.06 bits per heavy atom. The summed E-state index contributed by atoms with van der Waals surface area (Å²) in [6.45, 7) is 9.05. The molecular weight excluding hydrogens is 454 g/mol. The Hall–Kier alpha value is -2.62. The number of ether oxygens (including phenoxy) is 1. The van der Waals surface area contributed by atoms with Crippen LogP contribution in [0.15, 0.2) is 59.5 Å². The van der Waals surface area contributed by atoms with Gasteiger partial charge in [-0.25, -0.2) is 13.2 Å². The smallest absolute Gasteiger partial charge is 0.407 e. The molecule has 0 saturated carbocycles. The molecule has 188 valence electrons. The second-order valence-electron chi connectivity index (χ2n) is 9.79. The Labute approximate surface area is 203 Å². The van der Waals surface area contributed by atoms with Crippen molar-refractivity contribution in [2.45, 2.75) is 63.7 Å². The number of aliphatic hydroxyl groups is 1. The van der Waals surface area contributed by atoms with Gasteiger partial charge < -0.3 is 20.9 Å². The molecule has 0 aliphatic rings. The lowest BCUT2D eigenvalue weighted by molar-refractivity contribution is 0.0400. The maximum absolute atomic E-state index is 13.4. The monoisotopic (exact) mass is 491 g/mol. The van der Waals surface area contributed by atoms with Gasteiger partial charge >= 0.3 is 6.09 Å². The minimum atomic E-state index is -3.90. The van der Waals surface area contributed by atoms with E-state index in [1.54, 1.807) is 20.8 Å². The number of hydrogen-bond acceptors (Lipinski definition) is 6. The molecule has 2 rings (SSSR count). The number of carbonyl (C=O) groups excluding carboxylic acids is 1. The number of nitrogens with one attached hydrogen (secondary N) is 1. The Morgan fingerprint density at radius 2 is 1.65 bits per heavy atom. The van der Waals surface area contributed by atoms with Gasteiger partial charge in [0.1, 0.15) is 5.60 Å². The summed E-state index contributed by atoms with van der Waals surface area (Å²) in [5, 5.41) is 13.9. The van der Waals surface area contributed by atoms with E-state index in [4.69, 9.17) is 10.5 Å². The molecule has 2 aromatic rings. The summed E-state index contributed by atoms with van der Waals surface area (Å²) in [5.41, 5.74) is 6.34. The molecule has 0 radical (unpaired) electrons. The van der Waals surface area contributed by atoms with Crippen LogP contribution in [0.4, 0.5) is 10.5 Å². The van der Waals surface area contributed by atoms with Crippen LogP contribution in [0.25, 0.3) is 0 Å². The molecule has 0 aliphatic carbocycles. The third kappa shape index (κ3) is 8.62. The fourth-order valence-electron chi connectivity index (χ4n) is 3.41. The maximum Gasteiger partial charge on any atom is 0.407 e. The highest BCUT2D eigenvalue weighted by atomic mass is 32.2. The molecule has 2 aromatic carbocycles. The number of sulfonamides is 1. The molecule has 1 amide bonds. The first kappa shape index (κ1) is 27.6. The maximum atomic E-state index is 13.4. The van der Waals surface area contributed by atoms with Crippen LogP contribution >= 0.6 is 0 Å². The first-order valence-electron chi connectivity index (χ1n) is 11.3. The van der Waals surface area contributed by atoms with Gasteiger partial charge in [0.25, 0.3) is 0 Å². The number of benzene rings is 2.